The molecule has 3 aromatic rings. The highest BCUT2D eigenvalue weighted by molar-refractivity contribution is 7.67. The van der Waals surface area contributed by atoms with Gasteiger partial charge in [0.2, 0.25) is 4.80 Å². The molecule has 2 aromatic carbocycles. The Kier molecular flexibility index (Phi) is 5.02. The van der Waals surface area contributed by atoms with Gasteiger partial charge in [-0.2, -0.15) is 14.9 Å². The normalized spacial score (nSPS) is 12.4. The van der Waals surface area contributed by atoms with Crippen LogP contribution in [-0.4, -0.2) is 17.1 Å². The first-order valence-corrected chi connectivity index (χ1v) is 8.91. The number of hydrogen-bond acceptors (Lipinski definition) is 6. The van der Waals surface area contributed by atoms with Gasteiger partial charge in [-0.15, -0.1) is 5.10 Å². The minimum Gasteiger partial charge on any atom is -0.254 e. The van der Waals surface area contributed by atoms with Crippen molar-refractivity contribution in [2.24, 2.45) is 15.3 Å². The van der Waals surface area contributed by atoms with Crippen LogP contribution in [0.25, 0.3) is 0 Å². The second kappa shape index (κ2) is 7.57. The summed E-state index contributed by atoms with van der Waals surface area (Å²) in [6.07, 6.45) is 3.26. The smallest absolute Gasteiger partial charge is 0.254 e. The van der Waals surface area contributed by atoms with Crippen LogP contribution < -0.4 is 9.67 Å². The Labute approximate surface area is 139 Å². The van der Waals surface area contributed by atoms with Gasteiger partial charge in [-0.25, -0.2) is 0 Å². The fraction of sp³-hybridized carbons (Fsp3) is 0. The average Bonchev–Trinajstić information content (AvgIpc) is 2.95. The standard InChI is InChI=1S/C16H12N4OS2/c21-16-20(18-12-14-9-5-2-6-10-14)15(22-23-16)19-17-11-13-7-3-1-4-8-13/h1-12H/b17-11+,18-12+,19-15+. The Bertz CT molecular complexity index is 937. The Morgan fingerprint density at radius 3 is 2.09 bits per heavy atom. The molecule has 0 unspecified atom stereocenters. The van der Waals surface area contributed by atoms with E-state index in [1.807, 2.05) is 60.7 Å². The molecule has 3 rings (SSSR count). The molecule has 1 heterocycles. The second-order valence-electron chi connectivity index (χ2n) is 4.44. The molecule has 0 amide bonds. The van der Waals surface area contributed by atoms with Gasteiger partial charge in [-0.3, -0.25) is 4.79 Å². The lowest BCUT2D eigenvalue weighted by atomic mass is 10.2. The summed E-state index contributed by atoms with van der Waals surface area (Å²) >= 11 is 0. The molecule has 0 saturated carbocycles. The average molecular weight is 340 g/mol. The molecule has 7 heteroatoms. The van der Waals surface area contributed by atoms with Crippen LogP contribution >= 0.6 is 20.7 Å². The van der Waals surface area contributed by atoms with Gasteiger partial charge in [0, 0.05) is 0 Å². The van der Waals surface area contributed by atoms with Crippen molar-refractivity contribution in [3.05, 3.63) is 86.3 Å². The maximum absolute atomic E-state index is 11.9. The summed E-state index contributed by atoms with van der Waals surface area (Å²) in [5, 5.41) is 12.3. The molecule has 0 spiro atoms. The minimum absolute atomic E-state index is 0.184. The summed E-state index contributed by atoms with van der Waals surface area (Å²) in [5.41, 5.74) is 1.85. The van der Waals surface area contributed by atoms with Crippen molar-refractivity contribution in [1.82, 2.24) is 4.68 Å². The number of rotatable bonds is 4. The SMILES string of the molecule is O=c1ss/c(=N/N=C/c2ccccc2)n1/N=C/c1ccccc1. The summed E-state index contributed by atoms with van der Waals surface area (Å²) in [7, 11) is 2.32. The van der Waals surface area contributed by atoms with E-state index in [1.165, 1.54) is 15.0 Å². The maximum Gasteiger partial charge on any atom is 0.340 e. The fourth-order valence-electron chi connectivity index (χ4n) is 1.72. The van der Waals surface area contributed by atoms with Crippen molar-refractivity contribution < 1.29 is 0 Å². The predicted molar refractivity (Wildman–Crippen MR) is 95.5 cm³/mol. The minimum atomic E-state index is -0.184. The largest absolute Gasteiger partial charge is 0.340 e. The van der Waals surface area contributed by atoms with Crippen LogP contribution in [0.15, 0.2) is 80.8 Å². The van der Waals surface area contributed by atoms with Crippen LogP contribution in [0.5, 0.6) is 0 Å². The summed E-state index contributed by atoms with van der Waals surface area (Å²) in [4.78, 5) is 12.1. The zero-order valence-electron chi connectivity index (χ0n) is 11.9. The Morgan fingerprint density at radius 1 is 0.826 bits per heavy atom. The van der Waals surface area contributed by atoms with Gasteiger partial charge >= 0.3 is 4.87 Å². The van der Waals surface area contributed by atoms with Crippen molar-refractivity contribution in [1.29, 1.82) is 0 Å². The van der Waals surface area contributed by atoms with E-state index in [4.69, 9.17) is 0 Å². The van der Waals surface area contributed by atoms with Gasteiger partial charge in [0.25, 0.3) is 0 Å². The van der Waals surface area contributed by atoms with Gasteiger partial charge in [0.1, 0.15) is 0 Å². The lowest BCUT2D eigenvalue weighted by molar-refractivity contribution is 0.808. The maximum atomic E-state index is 11.9. The molecule has 0 fully saturated rings. The fourth-order valence-corrected chi connectivity index (χ4v) is 3.37. The highest BCUT2D eigenvalue weighted by Gasteiger charge is 2.00. The number of benzene rings is 2. The molecule has 23 heavy (non-hydrogen) atoms. The van der Waals surface area contributed by atoms with E-state index < -0.39 is 0 Å². The molecule has 0 aliphatic heterocycles. The highest BCUT2D eigenvalue weighted by atomic mass is 32.9. The molecule has 0 saturated heterocycles. The van der Waals surface area contributed by atoms with Crippen molar-refractivity contribution in [3.63, 3.8) is 0 Å². The Morgan fingerprint density at radius 2 is 1.43 bits per heavy atom. The summed E-state index contributed by atoms with van der Waals surface area (Å²) in [6.45, 7) is 0. The molecule has 114 valence electrons. The van der Waals surface area contributed by atoms with Crippen LogP contribution in [0.2, 0.25) is 0 Å². The third-order valence-corrected chi connectivity index (χ3v) is 4.74. The van der Waals surface area contributed by atoms with Gasteiger partial charge in [-0.1, -0.05) is 60.7 Å². The lowest BCUT2D eigenvalue weighted by Crippen LogP contribution is -2.20. The van der Waals surface area contributed by atoms with Gasteiger partial charge in [-0.05, 0) is 31.8 Å². The van der Waals surface area contributed by atoms with Crippen molar-refractivity contribution in [2.45, 2.75) is 0 Å². The van der Waals surface area contributed by atoms with Crippen LogP contribution in [0.1, 0.15) is 11.1 Å². The van der Waals surface area contributed by atoms with E-state index >= 15 is 0 Å². The van der Waals surface area contributed by atoms with Gasteiger partial charge < -0.3 is 0 Å². The first-order chi connectivity index (χ1) is 11.3. The van der Waals surface area contributed by atoms with Crippen molar-refractivity contribution in [3.8, 4) is 0 Å². The van der Waals surface area contributed by atoms with Crippen LogP contribution in [-0.2, 0) is 0 Å². The second-order valence-corrected chi connectivity index (χ2v) is 6.49. The predicted octanol–water partition coefficient (Wildman–Crippen LogP) is 2.79. The van der Waals surface area contributed by atoms with Gasteiger partial charge in [0.15, 0.2) is 0 Å². The summed E-state index contributed by atoms with van der Waals surface area (Å²) in [6, 6.07) is 19.2. The van der Waals surface area contributed by atoms with E-state index in [1.54, 1.807) is 12.4 Å². The van der Waals surface area contributed by atoms with Crippen molar-refractivity contribution in [2.75, 3.05) is 0 Å². The first kappa shape index (κ1) is 15.3. The van der Waals surface area contributed by atoms with E-state index in [-0.39, 0.29) is 4.87 Å². The van der Waals surface area contributed by atoms with Crippen molar-refractivity contribution >= 4 is 33.1 Å². The van der Waals surface area contributed by atoms with E-state index in [9.17, 15) is 4.79 Å². The third-order valence-electron chi connectivity index (χ3n) is 2.81. The molecular formula is C16H12N4OS2. The zero-order valence-corrected chi connectivity index (χ0v) is 13.6. The molecule has 5 nitrogen and oxygen atoms in total. The lowest BCUT2D eigenvalue weighted by Gasteiger charge is -1.92. The number of hydrogen-bond donors (Lipinski definition) is 0. The van der Waals surface area contributed by atoms with E-state index in [0.29, 0.717) is 4.80 Å². The third kappa shape index (κ3) is 4.18. The molecule has 0 N–H and O–H groups in total. The quantitative estimate of drug-likeness (QED) is 0.409. The molecule has 1 aromatic heterocycles. The van der Waals surface area contributed by atoms with Gasteiger partial charge in [0.05, 0.1) is 12.4 Å². The van der Waals surface area contributed by atoms with E-state index in [0.717, 1.165) is 21.5 Å². The molecular weight excluding hydrogens is 328 g/mol. The molecule has 0 radical (unpaired) electrons. The Hall–Kier alpha value is -2.64. The summed E-state index contributed by atoms with van der Waals surface area (Å²) < 4.78 is 1.25. The topological polar surface area (TPSA) is 59.1 Å². The Balaban J connectivity index is 1.87. The van der Waals surface area contributed by atoms with Crippen LogP contribution in [0.3, 0.4) is 0 Å². The molecule has 0 atom stereocenters. The molecule has 0 bridgehead atoms. The number of aromatic nitrogens is 1. The zero-order chi connectivity index (χ0) is 15.9. The summed E-state index contributed by atoms with van der Waals surface area (Å²) in [5.74, 6) is 0. The monoisotopic (exact) mass is 340 g/mol. The molecule has 0 aliphatic rings. The van der Waals surface area contributed by atoms with E-state index in [2.05, 4.69) is 15.3 Å². The molecule has 0 aliphatic carbocycles. The first-order valence-electron chi connectivity index (χ1n) is 6.76. The van der Waals surface area contributed by atoms with Crippen LogP contribution in [0, 0.1) is 0 Å². The number of nitrogens with zero attached hydrogens (tertiary/aromatic N) is 4. The van der Waals surface area contributed by atoms with Crippen LogP contribution in [0.4, 0.5) is 0 Å². The highest BCUT2D eigenvalue weighted by Crippen LogP contribution is 1.97.